The van der Waals surface area contributed by atoms with Gasteiger partial charge in [0.2, 0.25) is 5.91 Å². The van der Waals surface area contributed by atoms with Crippen LogP contribution in [-0.4, -0.2) is 50.9 Å². The van der Waals surface area contributed by atoms with Gasteiger partial charge in [-0.3, -0.25) is 14.7 Å². The number of amides is 2. The molecule has 3 aromatic rings. The highest BCUT2D eigenvalue weighted by Crippen LogP contribution is 2.38. The Bertz CT molecular complexity index is 1190. The van der Waals surface area contributed by atoms with Crippen molar-refractivity contribution in [2.24, 2.45) is 0 Å². The Balaban J connectivity index is 1.51. The predicted octanol–water partition coefficient (Wildman–Crippen LogP) is 3.20. The molecule has 1 aromatic heterocycles. The van der Waals surface area contributed by atoms with Gasteiger partial charge in [0.1, 0.15) is 0 Å². The van der Waals surface area contributed by atoms with Crippen molar-refractivity contribution in [3.05, 3.63) is 65.4 Å². The monoisotopic (exact) mass is 386 g/mol. The van der Waals surface area contributed by atoms with Gasteiger partial charge in [0.05, 0.1) is 17.8 Å². The van der Waals surface area contributed by atoms with Crippen molar-refractivity contribution in [2.75, 3.05) is 13.1 Å². The Labute approximate surface area is 168 Å². The van der Waals surface area contributed by atoms with Crippen molar-refractivity contribution in [3.8, 4) is 11.1 Å². The van der Waals surface area contributed by atoms with E-state index in [1.807, 2.05) is 24.1 Å². The molecule has 2 aliphatic heterocycles. The molecule has 1 fully saturated rings. The van der Waals surface area contributed by atoms with Crippen LogP contribution < -0.4 is 0 Å². The van der Waals surface area contributed by atoms with E-state index in [9.17, 15) is 9.59 Å². The first-order valence-corrected chi connectivity index (χ1v) is 9.77. The average molecular weight is 386 g/mol. The van der Waals surface area contributed by atoms with Gasteiger partial charge in [-0.05, 0) is 53.8 Å². The molecule has 6 heteroatoms. The predicted molar refractivity (Wildman–Crippen MR) is 111 cm³/mol. The van der Waals surface area contributed by atoms with Crippen LogP contribution in [0.15, 0.2) is 43.1 Å². The second kappa shape index (κ2) is 6.30. The Kier molecular flexibility index (Phi) is 3.84. The van der Waals surface area contributed by atoms with E-state index in [0.717, 1.165) is 44.3 Å². The molecule has 0 saturated carbocycles. The third-order valence-electron chi connectivity index (χ3n) is 6.26. The quantitative estimate of drug-likeness (QED) is 0.703. The van der Waals surface area contributed by atoms with Crippen LogP contribution in [-0.2, 0) is 11.3 Å². The van der Waals surface area contributed by atoms with E-state index in [-0.39, 0.29) is 17.9 Å². The van der Waals surface area contributed by atoms with Gasteiger partial charge in [0.25, 0.3) is 5.91 Å². The van der Waals surface area contributed by atoms with Crippen LogP contribution in [0, 0.1) is 13.8 Å². The first-order valence-electron chi connectivity index (χ1n) is 9.77. The highest BCUT2D eigenvalue weighted by molar-refractivity contribution is 6.04. The van der Waals surface area contributed by atoms with Gasteiger partial charge in [-0.15, -0.1) is 0 Å². The molecule has 2 amide bonds. The smallest absolute Gasteiger partial charge is 0.255 e. The molecule has 0 radical (unpaired) electrons. The largest absolute Gasteiger partial charge is 0.335 e. The van der Waals surface area contributed by atoms with E-state index in [1.54, 1.807) is 4.90 Å². The van der Waals surface area contributed by atoms with Gasteiger partial charge < -0.3 is 9.80 Å². The number of H-pyrrole nitrogens is 1. The maximum absolute atomic E-state index is 13.3. The van der Waals surface area contributed by atoms with Crippen LogP contribution in [0.25, 0.3) is 22.0 Å². The molecule has 2 aromatic carbocycles. The van der Waals surface area contributed by atoms with Crippen LogP contribution in [0.5, 0.6) is 0 Å². The maximum Gasteiger partial charge on any atom is 0.255 e. The van der Waals surface area contributed by atoms with Crippen LogP contribution in [0.4, 0.5) is 0 Å². The summed E-state index contributed by atoms with van der Waals surface area (Å²) in [6.07, 6.45) is 3.17. The zero-order valence-electron chi connectivity index (χ0n) is 16.5. The van der Waals surface area contributed by atoms with Gasteiger partial charge in [-0.1, -0.05) is 24.8 Å². The van der Waals surface area contributed by atoms with Gasteiger partial charge >= 0.3 is 0 Å². The summed E-state index contributed by atoms with van der Waals surface area (Å²) in [7, 11) is 0. The van der Waals surface area contributed by atoms with Crippen LogP contribution >= 0.6 is 0 Å². The van der Waals surface area contributed by atoms with Crippen LogP contribution in [0.1, 0.15) is 27.0 Å². The van der Waals surface area contributed by atoms with E-state index in [2.05, 4.69) is 41.9 Å². The molecule has 0 aliphatic carbocycles. The number of rotatable bonds is 3. The molecule has 0 unspecified atom stereocenters. The molecule has 2 aliphatic rings. The zero-order valence-corrected chi connectivity index (χ0v) is 16.5. The number of nitrogens with zero attached hydrogens (tertiary/aromatic N) is 3. The highest BCUT2D eigenvalue weighted by Gasteiger charge is 2.41. The zero-order chi connectivity index (χ0) is 20.3. The number of fused-ring (bicyclic) bond motifs is 2. The van der Waals surface area contributed by atoms with Crippen molar-refractivity contribution in [3.63, 3.8) is 0 Å². The Morgan fingerprint density at radius 2 is 2.00 bits per heavy atom. The number of aromatic amines is 1. The van der Waals surface area contributed by atoms with Gasteiger partial charge in [-0.2, -0.15) is 5.10 Å². The second-order valence-corrected chi connectivity index (χ2v) is 7.90. The van der Waals surface area contributed by atoms with Gasteiger partial charge in [0.15, 0.2) is 0 Å². The summed E-state index contributed by atoms with van der Waals surface area (Å²) in [5.74, 6) is -0.0142. The SMILES string of the molecule is C=CC(=O)N1CC(N2Cc3ccc(-c4c(C)ccc5[nH]ncc45)c(C)c3C2=O)C1. The fourth-order valence-corrected chi connectivity index (χ4v) is 4.61. The summed E-state index contributed by atoms with van der Waals surface area (Å²) in [6.45, 7) is 9.39. The fourth-order valence-electron chi connectivity index (χ4n) is 4.61. The summed E-state index contributed by atoms with van der Waals surface area (Å²) in [5, 5.41) is 8.28. The lowest BCUT2D eigenvalue weighted by Crippen LogP contribution is -2.60. The third kappa shape index (κ3) is 2.52. The Hall–Kier alpha value is -3.41. The molecule has 29 heavy (non-hydrogen) atoms. The summed E-state index contributed by atoms with van der Waals surface area (Å²) >= 11 is 0. The highest BCUT2D eigenvalue weighted by atomic mass is 16.2. The first kappa shape index (κ1) is 17.7. The number of hydrogen-bond acceptors (Lipinski definition) is 3. The summed E-state index contributed by atoms with van der Waals surface area (Å²) in [4.78, 5) is 28.6. The lowest BCUT2D eigenvalue weighted by Gasteiger charge is -2.43. The molecule has 0 atom stereocenters. The molecule has 1 saturated heterocycles. The topological polar surface area (TPSA) is 69.3 Å². The third-order valence-corrected chi connectivity index (χ3v) is 6.26. The second-order valence-electron chi connectivity index (χ2n) is 7.90. The number of nitrogens with one attached hydrogen (secondary N) is 1. The number of aromatic nitrogens is 2. The standard InChI is InChI=1S/C23H22N4O2/c1-4-20(28)26-11-16(12-26)27-10-15-6-7-17(14(3)22(15)23(27)29)21-13(2)5-8-19-18(21)9-24-25-19/h4-9,16H,1,10-12H2,2-3H3,(H,24,25). The first-order chi connectivity index (χ1) is 14.0. The van der Waals surface area contributed by atoms with Crippen molar-refractivity contribution >= 4 is 22.7 Å². The minimum Gasteiger partial charge on any atom is -0.335 e. The van der Waals surface area contributed by atoms with E-state index in [1.165, 1.54) is 6.08 Å². The minimum absolute atomic E-state index is 0.0621. The number of benzene rings is 2. The van der Waals surface area contributed by atoms with Gasteiger partial charge in [0, 0.05) is 30.6 Å². The molecule has 6 nitrogen and oxygen atoms in total. The number of carbonyl (C=O) groups is 2. The molecule has 1 N–H and O–H groups in total. The van der Waals surface area contributed by atoms with Crippen molar-refractivity contribution in [2.45, 2.75) is 26.4 Å². The lowest BCUT2D eigenvalue weighted by molar-refractivity contribution is -0.132. The normalized spacial score (nSPS) is 16.3. The molecular weight excluding hydrogens is 364 g/mol. The Morgan fingerprint density at radius 3 is 2.76 bits per heavy atom. The van der Waals surface area contributed by atoms with Crippen molar-refractivity contribution in [1.82, 2.24) is 20.0 Å². The molecule has 3 heterocycles. The fraction of sp³-hybridized carbons (Fsp3) is 0.261. The minimum atomic E-state index is -0.0763. The van der Waals surface area contributed by atoms with Crippen molar-refractivity contribution in [1.29, 1.82) is 0 Å². The molecule has 0 bridgehead atoms. The molecule has 5 rings (SSSR count). The summed E-state index contributed by atoms with van der Waals surface area (Å²) in [5.41, 5.74) is 7.19. The molecule has 0 spiro atoms. The lowest BCUT2D eigenvalue weighted by atomic mass is 9.90. The number of aryl methyl sites for hydroxylation is 1. The van der Waals surface area contributed by atoms with E-state index >= 15 is 0 Å². The average Bonchev–Trinajstić information content (AvgIpc) is 3.27. The summed E-state index contributed by atoms with van der Waals surface area (Å²) < 4.78 is 0. The number of likely N-dealkylation sites (tertiary alicyclic amines) is 1. The number of carbonyl (C=O) groups excluding carboxylic acids is 2. The van der Waals surface area contributed by atoms with Gasteiger partial charge in [-0.25, -0.2) is 0 Å². The van der Waals surface area contributed by atoms with E-state index in [0.29, 0.717) is 19.6 Å². The molecule has 146 valence electrons. The maximum atomic E-state index is 13.3. The van der Waals surface area contributed by atoms with E-state index < -0.39 is 0 Å². The number of hydrogen-bond donors (Lipinski definition) is 1. The van der Waals surface area contributed by atoms with Crippen LogP contribution in [0.2, 0.25) is 0 Å². The Morgan fingerprint density at radius 1 is 1.21 bits per heavy atom. The van der Waals surface area contributed by atoms with E-state index in [4.69, 9.17) is 0 Å². The summed E-state index contributed by atoms with van der Waals surface area (Å²) in [6, 6.07) is 8.37. The van der Waals surface area contributed by atoms with Crippen LogP contribution in [0.3, 0.4) is 0 Å². The molecular formula is C23H22N4O2. The van der Waals surface area contributed by atoms with Crippen molar-refractivity contribution < 1.29 is 9.59 Å².